The van der Waals surface area contributed by atoms with Crippen molar-refractivity contribution in [1.29, 1.82) is 0 Å². The number of rotatable bonds is 4. The Hall–Kier alpha value is -2.82. The highest BCUT2D eigenvalue weighted by molar-refractivity contribution is 5.96. The number of carbonyl (C=O) groups is 2. The van der Waals surface area contributed by atoms with Gasteiger partial charge in [-0.2, -0.15) is 0 Å². The van der Waals surface area contributed by atoms with Crippen molar-refractivity contribution in [2.45, 2.75) is 26.4 Å². The lowest BCUT2D eigenvalue weighted by molar-refractivity contribution is 0.00669. The quantitative estimate of drug-likeness (QED) is 0.630. The topological polar surface area (TPSA) is 61.8 Å². The van der Waals surface area contributed by atoms with Crippen LogP contribution in [0.25, 0.3) is 0 Å². The van der Waals surface area contributed by atoms with Crippen molar-refractivity contribution < 1.29 is 23.8 Å². The molecule has 126 valence electrons. The first-order valence-corrected chi connectivity index (χ1v) is 7.49. The summed E-state index contributed by atoms with van der Waals surface area (Å²) in [5.41, 5.74) is -0.0754. The molecule has 0 fully saturated rings. The maximum atomic E-state index is 12.3. The van der Waals surface area contributed by atoms with Crippen molar-refractivity contribution in [3.63, 3.8) is 0 Å². The molecule has 0 aliphatic heterocycles. The largest absolute Gasteiger partial charge is 0.497 e. The number of para-hydroxylation sites is 1. The van der Waals surface area contributed by atoms with Crippen LogP contribution in [0.15, 0.2) is 48.5 Å². The Balaban J connectivity index is 2.20. The Kier molecular flexibility index (Phi) is 5.24. The average molecular weight is 328 g/mol. The molecular weight excluding hydrogens is 308 g/mol. The van der Waals surface area contributed by atoms with Crippen LogP contribution in [-0.4, -0.2) is 24.6 Å². The zero-order valence-electron chi connectivity index (χ0n) is 14.2. The van der Waals surface area contributed by atoms with E-state index in [0.29, 0.717) is 11.3 Å². The highest BCUT2D eigenvalue weighted by Gasteiger charge is 2.22. The first kappa shape index (κ1) is 17.5. The Labute approximate surface area is 141 Å². The third kappa shape index (κ3) is 4.59. The monoisotopic (exact) mass is 328 g/mol. The van der Waals surface area contributed by atoms with Gasteiger partial charge in [-0.05, 0) is 57.2 Å². The average Bonchev–Trinajstić information content (AvgIpc) is 2.53. The molecule has 0 aliphatic rings. The molecule has 0 heterocycles. The third-order valence-corrected chi connectivity index (χ3v) is 3.03. The van der Waals surface area contributed by atoms with Crippen molar-refractivity contribution in [2.24, 2.45) is 0 Å². The van der Waals surface area contributed by atoms with E-state index in [2.05, 4.69) is 0 Å². The molecule has 2 rings (SSSR count). The zero-order valence-corrected chi connectivity index (χ0v) is 14.2. The van der Waals surface area contributed by atoms with Gasteiger partial charge in [-0.1, -0.05) is 12.1 Å². The summed E-state index contributed by atoms with van der Waals surface area (Å²) in [4.78, 5) is 24.5. The molecule has 2 aromatic carbocycles. The van der Waals surface area contributed by atoms with Gasteiger partial charge in [-0.3, -0.25) is 0 Å². The fourth-order valence-corrected chi connectivity index (χ4v) is 1.94. The van der Waals surface area contributed by atoms with Gasteiger partial charge in [0.05, 0.1) is 12.7 Å². The minimum Gasteiger partial charge on any atom is -0.497 e. The number of hydrogen-bond acceptors (Lipinski definition) is 5. The van der Waals surface area contributed by atoms with Crippen LogP contribution >= 0.6 is 0 Å². The van der Waals surface area contributed by atoms with Gasteiger partial charge in [0.25, 0.3) is 0 Å². The van der Waals surface area contributed by atoms with E-state index < -0.39 is 17.5 Å². The summed E-state index contributed by atoms with van der Waals surface area (Å²) in [7, 11) is 1.55. The van der Waals surface area contributed by atoms with Crippen LogP contribution in [-0.2, 0) is 4.74 Å². The molecule has 2 aromatic rings. The molecule has 0 N–H and O–H groups in total. The van der Waals surface area contributed by atoms with E-state index in [0.717, 1.165) is 0 Å². The summed E-state index contributed by atoms with van der Waals surface area (Å²) < 4.78 is 15.7. The Morgan fingerprint density at radius 1 is 0.875 bits per heavy atom. The first-order valence-electron chi connectivity index (χ1n) is 7.49. The maximum absolute atomic E-state index is 12.3. The molecule has 0 bridgehead atoms. The molecule has 5 nitrogen and oxygen atoms in total. The summed E-state index contributed by atoms with van der Waals surface area (Å²) in [5, 5.41) is 0. The number of carbonyl (C=O) groups excluding carboxylic acids is 2. The van der Waals surface area contributed by atoms with Crippen LogP contribution in [0, 0.1) is 0 Å². The van der Waals surface area contributed by atoms with Gasteiger partial charge in [-0.25, -0.2) is 9.59 Å². The molecule has 0 aliphatic carbocycles. The van der Waals surface area contributed by atoms with Crippen LogP contribution in [0.2, 0.25) is 0 Å². The van der Waals surface area contributed by atoms with Gasteiger partial charge >= 0.3 is 11.9 Å². The van der Waals surface area contributed by atoms with E-state index in [1.807, 2.05) is 0 Å². The van der Waals surface area contributed by atoms with Crippen LogP contribution in [0.3, 0.4) is 0 Å². The van der Waals surface area contributed by atoms with E-state index in [1.54, 1.807) is 76.4 Å². The number of ether oxygens (including phenoxy) is 3. The van der Waals surface area contributed by atoms with E-state index >= 15 is 0 Å². The third-order valence-electron chi connectivity index (χ3n) is 3.03. The predicted molar refractivity (Wildman–Crippen MR) is 89.6 cm³/mol. The zero-order chi connectivity index (χ0) is 17.7. The molecule has 0 saturated heterocycles. The predicted octanol–water partition coefficient (Wildman–Crippen LogP) is 3.87. The molecule has 0 atom stereocenters. The molecule has 0 spiro atoms. The van der Waals surface area contributed by atoms with Crippen molar-refractivity contribution in [1.82, 2.24) is 0 Å². The van der Waals surface area contributed by atoms with E-state index in [1.165, 1.54) is 0 Å². The Morgan fingerprint density at radius 2 is 1.50 bits per heavy atom. The molecule has 5 heteroatoms. The smallest absolute Gasteiger partial charge is 0.343 e. The minimum absolute atomic E-state index is 0.160. The lowest BCUT2D eigenvalue weighted by atomic mass is 10.1. The number of methoxy groups -OCH3 is 1. The SMILES string of the molecule is COc1ccc(C(=O)Oc2ccccc2C(=O)OC(C)(C)C)cc1. The second-order valence-electron chi connectivity index (χ2n) is 6.12. The summed E-state index contributed by atoms with van der Waals surface area (Å²) in [6, 6.07) is 13.0. The van der Waals surface area contributed by atoms with Crippen LogP contribution in [0.5, 0.6) is 11.5 Å². The summed E-state index contributed by atoms with van der Waals surface area (Å²) >= 11 is 0. The lowest BCUT2D eigenvalue weighted by Gasteiger charge is -2.20. The molecule has 24 heavy (non-hydrogen) atoms. The van der Waals surface area contributed by atoms with Gasteiger partial charge in [0, 0.05) is 0 Å². The number of hydrogen-bond donors (Lipinski definition) is 0. The molecular formula is C19H20O5. The first-order chi connectivity index (χ1) is 11.3. The van der Waals surface area contributed by atoms with Gasteiger partial charge in [-0.15, -0.1) is 0 Å². The summed E-state index contributed by atoms with van der Waals surface area (Å²) in [6.07, 6.45) is 0. The molecule has 0 saturated carbocycles. The van der Waals surface area contributed by atoms with Gasteiger partial charge in [0.15, 0.2) is 0 Å². The molecule has 0 unspecified atom stereocenters. The highest BCUT2D eigenvalue weighted by Crippen LogP contribution is 2.23. The normalized spacial score (nSPS) is 10.8. The summed E-state index contributed by atoms with van der Waals surface area (Å²) in [6.45, 7) is 5.32. The van der Waals surface area contributed by atoms with Gasteiger partial charge < -0.3 is 14.2 Å². The number of esters is 2. The second kappa shape index (κ2) is 7.17. The van der Waals surface area contributed by atoms with Crippen molar-refractivity contribution in [3.8, 4) is 11.5 Å². The fourth-order valence-electron chi connectivity index (χ4n) is 1.94. The van der Waals surface area contributed by atoms with Crippen molar-refractivity contribution >= 4 is 11.9 Å². The van der Waals surface area contributed by atoms with E-state index in [-0.39, 0.29) is 11.3 Å². The molecule has 0 aromatic heterocycles. The van der Waals surface area contributed by atoms with Crippen LogP contribution < -0.4 is 9.47 Å². The lowest BCUT2D eigenvalue weighted by Crippen LogP contribution is -2.24. The highest BCUT2D eigenvalue weighted by atomic mass is 16.6. The van der Waals surface area contributed by atoms with Crippen molar-refractivity contribution in [2.75, 3.05) is 7.11 Å². The van der Waals surface area contributed by atoms with Gasteiger partial charge in [0.1, 0.15) is 22.7 Å². The maximum Gasteiger partial charge on any atom is 0.343 e. The second-order valence-corrected chi connectivity index (χ2v) is 6.12. The Morgan fingerprint density at radius 3 is 2.08 bits per heavy atom. The van der Waals surface area contributed by atoms with Crippen molar-refractivity contribution in [3.05, 3.63) is 59.7 Å². The Bertz CT molecular complexity index is 726. The summed E-state index contributed by atoms with van der Waals surface area (Å²) in [5.74, 6) is -0.303. The van der Waals surface area contributed by atoms with Crippen LogP contribution in [0.4, 0.5) is 0 Å². The molecule has 0 radical (unpaired) electrons. The van der Waals surface area contributed by atoms with E-state index in [4.69, 9.17) is 14.2 Å². The van der Waals surface area contributed by atoms with E-state index in [9.17, 15) is 9.59 Å². The van der Waals surface area contributed by atoms with Crippen LogP contribution in [0.1, 0.15) is 41.5 Å². The standard InChI is InChI=1S/C19H20O5/c1-19(2,3)24-18(21)15-7-5-6-8-16(15)23-17(20)13-9-11-14(22-4)12-10-13/h5-12H,1-4H3. The van der Waals surface area contributed by atoms with Gasteiger partial charge in [0.2, 0.25) is 0 Å². The number of benzene rings is 2. The minimum atomic E-state index is -0.635. The fraction of sp³-hybridized carbons (Fsp3) is 0.263. The molecule has 0 amide bonds.